The zero-order valence-corrected chi connectivity index (χ0v) is 18.0. The van der Waals surface area contributed by atoms with Crippen molar-refractivity contribution in [3.8, 4) is 28.3 Å². The summed E-state index contributed by atoms with van der Waals surface area (Å²) < 4.78 is 0. The highest BCUT2D eigenvalue weighted by Gasteiger charge is 2.17. The lowest BCUT2D eigenvalue weighted by Crippen LogP contribution is -2.15. The summed E-state index contributed by atoms with van der Waals surface area (Å²) in [5, 5.41) is 32.1. The number of aliphatic hydroxyl groups excluding tert-OH is 1. The fraction of sp³-hybridized carbons (Fsp3) is 0.115. The number of anilines is 1. The topological polar surface area (TPSA) is 107 Å². The van der Waals surface area contributed by atoms with Crippen molar-refractivity contribution in [2.45, 2.75) is 13.0 Å². The summed E-state index contributed by atoms with van der Waals surface area (Å²) in [6.07, 6.45) is 3.25. The van der Waals surface area contributed by atoms with Gasteiger partial charge < -0.3 is 15.5 Å². The van der Waals surface area contributed by atoms with Gasteiger partial charge in [-0.05, 0) is 48.4 Å². The quantitative estimate of drug-likeness (QED) is 0.303. The molecule has 0 aliphatic heterocycles. The Morgan fingerprint density at radius 1 is 0.970 bits per heavy atom. The third kappa shape index (κ3) is 4.02. The number of aryl methyl sites for hydroxylation is 1. The van der Waals surface area contributed by atoms with E-state index in [0.717, 1.165) is 39.0 Å². The van der Waals surface area contributed by atoms with E-state index in [1.165, 1.54) is 0 Å². The van der Waals surface area contributed by atoms with E-state index in [1.807, 2.05) is 55.5 Å². The van der Waals surface area contributed by atoms with E-state index in [9.17, 15) is 10.2 Å². The van der Waals surface area contributed by atoms with Crippen LogP contribution in [0.5, 0.6) is 5.88 Å². The average Bonchev–Trinajstić information content (AvgIpc) is 3.23. The van der Waals surface area contributed by atoms with Crippen LogP contribution in [0.15, 0.2) is 79.1 Å². The van der Waals surface area contributed by atoms with Crippen LogP contribution in [-0.2, 0) is 0 Å². The molecule has 0 amide bonds. The van der Waals surface area contributed by atoms with E-state index < -0.39 is 0 Å². The molecule has 0 radical (unpaired) electrons. The first-order chi connectivity index (χ1) is 16.1. The van der Waals surface area contributed by atoms with Crippen LogP contribution >= 0.6 is 0 Å². The predicted octanol–water partition coefficient (Wildman–Crippen LogP) is 4.85. The molecule has 0 fully saturated rings. The summed E-state index contributed by atoms with van der Waals surface area (Å²) in [6, 6.07) is 21.1. The molecule has 33 heavy (non-hydrogen) atoms. The van der Waals surface area contributed by atoms with Gasteiger partial charge in [0.25, 0.3) is 0 Å². The van der Waals surface area contributed by atoms with Crippen LogP contribution in [0, 0.1) is 6.92 Å². The number of H-pyrrole nitrogens is 1. The number of nitrogens with zero attached hydrogens (tertiary/aromatic N) is 3. The van der Waals surface area contributed by atoms with E-state index in [4.69, 9.17) is 0 Å². The Hall–Kier alpha value is -4.23. The standard InChI is InChI=1S/C26H23N5O2/c1-16-21-12-18(9-10-23(21)31-30-16)22-13-19(29-24(15-32)17-6-3-2-4-7-17)14-28-25(22)20-8-5-11-27-26(20)33/h2-14,24,29,32H,15H2,1H3,(H,27,33)(H,30,31). The van der Waals surface area contributed by atoms with Gasteiger partial charge in [-0.2, -0.15) is 5.10 Å². The summed E-state index contributed by atoms with van der Waals surface area (Å²) >= 11 is 0. The fourth-order valence-corrected chi connectivity index (χ4v) is 3.99. The summed E-state index contributed by atoms with van der Waals surface area (Å²) in [6.45, 7) is 1.89. The van der Waals surface area contributed by atoms with E-state index in [2.05, 4.69) is 31.5 Å². The molecule has 0 aliphatic carbocycles. The van der Waals surface area contributed by atoms with Gasteiger partial charge in [-0.3, -0.25) is 10.1 Å². The molecule has 4 N–H and O–H groups in total. The van der Waals surface area contributed by atoms with E-state index in [-0.39, 0.29) is 18.5 Å². The lowest BCUT2D eigenvalue weighted by Gasteiger charge is -2.19. The smallest absolute Gasteiger partial charge is 0.220 e. The molecule has 5 aromatic rings. The first-order valence-electron chi connectivity index (χ1n) is 10.7. The number of aliphatic hydroxyl groups is 1. The number of fused-ring (bicyclic) bond motifs is 1. The Balaban J connectivity index is 1.63. The molecular formula is C26H23N5O2. The monoisotopic (exact) mass is 437 g/mol. The molecule has 0 spiro atoms. The number of rotatable bonds is 6. The van der Waals surface area contributed by atoms with Gasteiger partial charge in [-0.15, -0.1) is 0 Å². The van der Waals surface area contributed by atoms with Gasteiger partial charge in [0, 0.05) is 17.1 Å². The number of pyridine rings is 2. The molecule has 0 bridgehead atoms. The van der Waals surface area contributed by atoms with Crippen molar-refractivity contribution in [3.63, 3.8) is 0 Å². The maximum absolute atomic E-state index is 10.4. The zero-order chi connectivity index (χ0) is 22.8. The largest absolute Gasteiger partial charge is 0.493 e. The molecule has 0 saturated carbocycles. The SMILES string of the molecule is Cc1n[nH]c2ccc(-c3cc(NC(CO)c4ccccc4)cnc3-c3cccnc3O)cc12. The summed E-state index contributed by atoms with van der Waals surface area (Å²) in [4.78, 5) is 8.71. The van der Waals surface area contributed by atoms with Crippen LogP contribution in [0.4, 0.5) is 5.69 Å². The van der Waals surface area contributed by atoms with Gasteiger partial charge >= 0.3 is 0 Å². The second-order valence-electron chi connectivity index (χ2n) is 7.85. The van der Waals surface area contributed by atoms with E-state index in [1.54, 1.807) is 24.5 Å². The maximum Gasteiger partial charge on any atom is 0.220 e. The maximum atomic E-state index is 10.4. The van der Waals surface area contributed by atoms with Gasteiger partial charge in [-0.25, -0.2) is 4.98 Å². The number of hydrogen-bond acceptors (Lipinski definition) is 6. The van der Waals surface area contributed by atoms with Crippen molar-refractivity contribution in [2.75, 3.05) is 11.9 Å². The molecule has 1 unspecified atom stereocenters. The second kappa shape index (κ2) is 8.72. The number of aromatic amines is 1. The highest BCUT2D eigenvalue weighted by Crippen LogP contribution is 2.37. The van der Waals surface area contributed by atoms with Crippen molar-refractivity contribution in [1.29, 1.82) is 0 Å². The van der Waals surface area contributed by atoms with Crippen LogP contribution in [0.3, 0.4) is 0 Å². The Morgan fingerprint density at radius 3 is 2.61 bits per heavy atom. The summed E-state index contributed by atoms with van der Waals surface area (Å²) in [5.41, 5.74) is 6.52. The molecular weight excluding hydrogens is 414 g/mol. The Kier molecular flexibility index (Phi) is 5.46. The van der Waals surface area contributed by atoms with Crippen molar-refractivity contribution in [1.82, 2.24) is 20.2 Å². The third-order valence-corrected chi connectivity index (χ3v) is 5.72. The Labute approximate surface area is 190 Å². The number of nitrogens with one attached hydrogen (secondary N) is 2. The van der Waals surface area contributed by atoms with E-state index >= 15 is 0 Å². The van der Waals surface area contributed by atoms with Crippen LogP contribution < -0.4 is 5.32 Å². The van der Waals surface area contributed by atoms with Gasteiger partial charge in [0.1, 0.15) is 0 Å². The van der Waals surface area contributed by atoms with Crippen molar-refractivity contribution >= 4 is 16.6 Å². The van der Waals surface area contributed by atoms with Gasteiger partial charge in [0.2, 0.25) is 5.88 Å². The zero-order valence-electron chi connectivity index (χ0n) is 18.0. The van der Waals surface area contributed by atoms with Crippen molar-refractivity contribution in [2.24, 2.45) is 0 Å². The summed E-state index contributed by atoms with van der Waals surface area (Å²) in [5.74, 6) is -0.0787. The molecule has 5 rings (SSSR count). The molecule has 0 saturated heterocycles. The number of aromatic nitrogens is 4. The molecule has 2 aromatic carbocycles. The minimum Gasteiger partial charge on any atom is -0.493 e. The Morgan fingerprint density at radius 2 is 1.82 bits per heavy atom. The lowest BCUT2D eigenvalue weighted by molar-refractivity contribution is 0.276. The normalized spacial score (nSPS) is 12.1. The second-order valence-corrected chi connectivity index (χ2v) is 7.85. The predicted molar refractivity (Wildman–Crippen MR) is 129 cm³/mol. The minimum absolute atomic E-state index is 0.0648. The molecule has 7 heteroatoms. The van der Waals surface area contributed by atoms with Crippen LogP contribution in [-0.4, -0.2) is 37.0 Å². The third-order valence-electron chi connectivity index (χ3n) is 5.72. The first kappa shape index (κ1) is 20.7. The van der Waals surface area contributed by atoms with Crippen molar-refractivity contribution in [3.05, 3.63) is 90.4 Å². The first-order valence-corrected chi connectivity index (χ1v) is 10.7. The minimum atomic E-state index is -0.280. The van der Waals surface area contributed by atoms with Gasteiger partial charge in [-0.1, -0.05) is 36.4 Å². The van der Waals surface area contributed by atoms with Crippen LogP contribution in [0.2, 0.25) is 0 Å². The van der Waals surface area contributed by atoms with Gasteiger partial charge in [0.05, 0.1) is 47.0 Å². The van der Waals surface area contributed by atoms with E-state index in [0.29, 0.717) is 11.3 Å². The molecule has 1 atom stereocenters. The van der Waals surface area contributed by atoms with Crippen LogP contribution in [0.1, 0.15) is 17.3 Å². The van der Waals surface area contributed by atoms with Gasteiger partial charge in [0.15, 0.2) is 0 Å². The molecule has 3 aromatic heterocycles. The summed E-state index contributed by atoms with van der Waals surface area (Å²) in [7, 11) is 0. The number of benzene rings is 2. The fourth-order valence-electron chi connectivity index (χ4n) is 3.99. The van der Waals surface area contributed by atoms with Crippen molar-refractivity contribution < 1.29 is 10.2 Å². The molecule has 7 nitrogen and oxygen atoms in total. The molecule has 3 heterocycles. The molecule has 0 aliphatic rings. The highest BCUT2D eigenvalue weighted by atomic mass is 16.3. The van der Waals surface area contributed by atoms with Crippen LogP contribution in [0.25, 0.3) is 33.3 Å². The lowest BCUT2D eigenvalue weighted by atomic mass is 9.97. The Bertz CT molecular complexity index is 1420. The average molecular weight is 438 g/mol. The number of aromatic hydroxyl groups is 1. The molecule has 164 valence electrons. The number of hydrogen-bond donors (Lipinski definition) is 4. The highest BCUT2D eigenvalue weighted by molar-refractivity contribution is 5.91.